The highest BCUT2D eigenvalue weighted by Crippen LogP contribution is 2.39. The van der Waals surface area contributed by atoms with E-state index in [1.807, 2.05) is 12.1 Å². The Hall–Kier alpha value is -3.46. The van der Waals surface area contributed by atoms with Crippen LogP contribution in [-0.2, 0) is 6.42 Å². The number of aryl methyl sites for hydroxylation is 1. The number of anilines is 1. The molecular formula is C26H23N3. The number of hydrogen-bond acceptors (Lipinski definition) is 3. The van der Waals surface area contributed by atoms with E-state index in [0.717, 1.165) is 10.8 Å². The van der Waals surface area contributed by atoms with Gasteiger partial charge in [0.25, 0.3) is 0 Å². The summed E-state index contributed by atoms with van der Waals surface area (Å²) in [6.45, 7) is 0. The van der Waals surface area contributed by atoms with Crippen LogP contribution in [0.4, 0.5) is 5.82 Å². The lowest BCUT2D eigenvalue weighted by molar-refractivity contribution is 0.831. The summed E-state index contributed by atoms with van der Waals surface area (Å²) in [4.78, 5) is 7.93. The van der Waals surface area contributed by atoms with Crippen molar-refractivity contribution in [2.45, 2.75) is 25.7 Å². The van der Waals surface area contributed by atoms with Crippen molar-refractivity contribution in [1.29, 1.82) is 0 Å². The van der Waals surface area contributed by atoms with Gasteiger partial charge in [0.2, 0.25) is 0 Å². The predicted molar refractivity (Wildman–Crippen MR) is 122 cm³/mol. The van der Waals surface area contributed by atoms with Crippen LogP contribution in [0.1, 0.15) is 30.4 Å². The molecule has 4 aromatic rings. The monoisotopic (exact) mass is 377 g/mol. The first kappa shape index (κ1) is 17.6. The van der Waals surface area contributed by atoms with Crippen LogP contribution in [0.2, 0.25) is 0 Å². The van der Waals surface area contributed by atoms with Gasteiger partial charge in [0.05, 0.1) is 0 Å². The predicted octanol–water partition coefficient (Wildman–Crippen LogP) is 6.10. The molecule has 0 bridgehead atoms. The van der Waals surface area contributed by atoms with E-state index in [1.54, 1.807) is 29.7 Å². The Balaban J connectivity index is 0.000000142. The molecule has 0 spiro atoms. The number of fused-ring (bicyclic) bond motifs is 5. The van der Waals surface area contributed by atoms with Gasteiger partial charge in [-0.05, 0) is 65.3 Å². The van der Waals surface area contributed by atoms with Crippen LogP contribution in [0, 0.1) is 0 Å². The lowest BCUT2D eigenvalue weighted by Crippen LogP contribution is -2.06. The summed E-state index contributed by atoms with van der Waals surface area (Å²) >= 11 is 0. The average Bonchev–Trinajstić information content (AvgIpc) is 2.79. The maximum atomic E-state index is 5.48. The zero-order valence-corrected chi connectivity index (χ0v) is 16.3. The second-order valence-electron chi connectivity index (χ2n) is 7.60. The third kappa shape index (κ3) is 3.40. The fraction of sp³-hybridized carbons (Fsp3) is 0.154. The molecule has 2 aliphatic rings. The number of rotatable bonds is 0. The first-order chi connectivity index (χ1) is 14.3. The molecule has 0 unspecified atom stereocenters. The van der Waals surface area contributed by atoms with Gasteiger partial charge in [-0.1, -0.05) is 54.1 Å². The molecule has 0 atom stereocenters. The molecule has 2 aromatic heterocycles. The maximum Gasteiger partial charge on any atom is 0.123 e. The minimum absolute atomic E-state index is 0.533. The largest absolute Gasteiger partial charge is 0.384 e. The van der Waals surface area contributed by atoms with Crippen molar-refractivity contribution in [2.75, 3.05) is 5.73 Å². The van der Waals surface area contributed by atoms with E-state index < -0.39 is 0 Å². The summed E-state index contributed by atoms with van der Waals surface area (Å²) in [7, 11) is 0. The van der Waals surface area contributed by atoms with E-state index >= 15 is 0 Å². The number of hydrogen-bond donors (Lipinski definition) is 1. The van der Waals surface area contributed by atoms with Crippen molar-refractivity contribution >= 4 is 32.9 Å². The standard InChI is InChI=1S/C18H16.C8H7N3/c1-3-7-15-13(5-1)9-11-18-16-8-4-2-6-14(16)10-12-17(15)18;9-8-3-7-4-10-2-1-6(7)5-11-8/h1,3-5,7-9,11H,2,6,10,12H2;1-5H,(H2,9,11). The van der Waals surface area contributed by atoms with Crippen LogP contribution in [0.25, 0.3) is 27.1 Å². The first-order valence-electron chi connectivity index (χ1n) is 10.1. The van der Waals surface area contributed by atoms with E-state index in [0.29, 0.717) is 5.82 Å². The lowest BCUT2D eigenvalue weighted by Gasteiger charge is -2.25. The summed E-state index contributed by atoms with van der Waals surface area (Å²) < 4.78 is 0. The van der Waals surface area contributed by atoms with Crippen LogP contribution in [0.3, 0.4) is 0 Å². The molecule has 3 heteroatoms. The molecule has 0 radical (unpaired) electrons. The van der Waals surface area contributed by atoms with Gasteiger partial charge in [0, 0.05) is 29.4 Å². The van der Waals surface area contributed by atoms with Gasteiger partial charge in [0.1, 0.15) is 5.82 Å². The summed E-state index contributed by atoms with van der Waals surface area (Å²) in [5, 5.41) is 4.91. The molecule has 0 aliphatic heterocycles. The number of pyridine rings is 2. The van der Waals surface area contributed by atoms with Gasteiger partial charge in [-0.3, -0.25) is 4.98 Å². The van der Waals surface area contributed by atoms with Crippen LogP contribution >= 0.6 is 0 Å². The van der Waals surface area contributed by atoms with Crippen LogP contribution in [0.5, 0.6) is 0 Å². The second kappa shape index (κ2) is 7.51. The number of nitrogens with zero attached hydrogens (tertiary/aromatic N) is 2. The van der Waals surface area contributed by atoms with Crippen LogP contribution in [0.15, 0.2) is 84.8 Å². The molecule has 0 fully saturated rings. The highest BCUT2D eigenvalue weighted by molar-refractivity contribution is 5.93. The van der Waals surface area contributed by atoms with Gasteiger partial charge in [-0.2, -0.15) is 0 Å². The fourth-order valence-electron chi connectivity index (χ4n) is 4.38. The van der Waals surface area contributed by atoms with Gasteiger partial charge >= 0.3 is 0 Å². The molecule has 3 nitrogen and oxygen atoms in total. The minimum Gasteiger partial charge on any atom is -0.384 e. The summed E-state index contributed by atoms with van der Waals surface area (Å²) in [5.74, 6) is 0.533. The number of benzene rings is 2. The quantitative estimate of drug-likeness (QED) is 0.403. The molecule has 2 aromatic carbocycles. The molecule has 0 amide bonds. The van der Waals surface area contributed by atoms with Crippen molar-refractivity contribution in [2.24, 2.45) is 0 Å². The van der Waals surface area contributed by atoms with Crippen molar-refractivity contribution in [1.82, 2.24) is 9.97 Å². The maximum absolute atomic E-state index is 5.48. The smallest absolute Gasteiger partial charge is 0.123 e. The zero-order chi connectivity index (χ0) is 19.6. The second-order valence-corrected chi connectivity index (χ2v) is 7.60. The zero-order valence-electron chi connectivity index (χ0n) is 16.3. The van der Waals surface area contributed by atoms with E-state index in [4.69, 9.17) is 5.73 Å². The normalized spacial score (nSPS) is 14.9. The summed E-state index contributed by atoms with van der Waals surface area (Å²) in [6, 6.07) is 17.1. The Morgan fingerprint density at radius 1 is 0.828 bits per heavy atom. The van der Waals surface area contributed by atoms with E-state index in [2.05, 4.69) is 58.5 Å². The molecule has 2 heterocycles. The minimum atomic E-state index is 0.533. The average molecular weight is 377 g/mol. The highest BCUT2D eigenvalue weighted by atomic mass is 14.8. The molecule has 2 aliphatic carbocycles. The fourth-order valence-corrected chi connectivity index (χ4v) is 4.38. The van der Waals surface area contributed by atoms with E-state index in [-0.39, 0.29) is 0 Å². The Kier molecular flexibility index (Phi) is 4.57. The van der Waals surface area contributed by atoms with Crippen molar-refractivity contribution in [3.8, 4) is 0 Å². The van der Waals surface area contributed by atoms with Crippen molar-refractivity contribution in [3.05, 3.63) is 96.0 Å². The Labute approximate surface area is 170 Å². The SMILES string of the molecule is C1=CC2=C(CC1)CCc1c2ccc2ccccc12.Nc1cc2cnccc2cn1. The molecule has 2 N–H and O–H groups in total. The highest BCUT2D eigenvalue weighted by Gasteiger charge is 2.20. The molecule has 142 valence electrons. The number of allylic oxidation sites excluding steroid dienone is 4. The van der Waals surface area contributed by atoms with Gasteiger partial charge in [-0.25, -0.2) is 4.98 Å². The van der Waals surface area contributed by atoms with E-state index in [1.165, 1.54) is 47.6 Å². The van der Waals surface area contributed by atoms with E-state index in [9.17, 15) is 0 Å². The number of nitrogen functional groups attached to an aromatic ring is 1. The van der Waals surface area contributed by atoms with Crippen molar-refractivity contribution < 1.29 is 0 Å². The third-order valence-corrected chi connectivity index (χ3v) is 5.83. The van der Waals surface area contributed by atoms with Gasteiger partial charge in [0.15, 0.2) is 0 Å². The number of aromatic nitrogens is 2. The molecule has 6 rings (SSSR count). The number of nitrogens with two attached hydrogens (primary N) is 1. The molecular weight excluding hydrogens is 354 g/mol. The first-order valence-corrected chi connectivity index (χ1v) is 10.1. The van der Waals surface area contributed by atoms with Crippen LogP contribution in [-0.4, -0.2) is 9.97 Å². The molecule has 29 heavy (non-hydrogen) atoms. The topological polar surface area (TPSA) is 51.8 Å². The summed E-state index contributed by atoms with van der Waals surface area (Å²) in [5.41, 5.74) is 11.7. The van der Waals surface area contributed by atoms with Crippen molar-refractivity contribution in [3.63, 3.8) is 0 Å². The van der Waals surface area contributed by atoms with Crippen LogP contribution < -0.4 is 5.73 Å². The molecule has 0 saturated carbocycles. The Bertz CT molecular complexity index is 1270. The Morgan fingerprint density at radius 3 is 2.72 bits per heavy atom. The van der Waals surface area contributed by atoms with Gasteiger partial charge in [-0.15, -0.1) is 0 Å². The summed E-state index contributed by atoms with van der Waals surface area (Å²) in [6.07, 6.45) is 14.9. The third-order valence-electron chi connectivity index (χ3n) is 5.83. The molecule has 0 saturated heterocycles. The van der Waals surface area contributed by atoms with Gasteiger partial charge < -0.3 is 5.73 Å². The Morgan fingerprint density at radius 2 is 1.76 bits per heavy atom. The lowest BCUT2D eigenvalue weighted by atomic mass is 9.80.